The van der Waals surface area contributed by atoms with E-state index in [4.69, 9.17) is 5.11 Å². The van der Waals surface area contributed by atoms with Crippen LogP contribution in [-0.4, -0.2) is 42.1 Å². The van der Waals surface area contributed by atoms with Gasteiger partial charge in [-0.25, -0.2) is 9.78 Å². The molecular formula is C13H19N3O3. The zero-order chi connectivity index (χ0) is 14.4. The van der Waals surface area contributed by atoms with Crippen LogP contribution >= 0.6 is 0 Å². The average molecular weight is 265 g/mol. The summed E-state index contributed by atoms with van der Waals surface area (Å²) in [5.41, 5.74) is 0.355. The Bertz CT molecular complexity index is 443. The van der Waals surface area contributed by atoms with Gasteiger partial charge in [0, 0.05) is 20.3 Å². The second-order valence-corrected chi connectivity index (χ2v) is 4.45. The highest BCUT2D eigenvalue weighted by atomic mass is 16.4. The number of pyridine rings is 1. The van der Waals surface area contributed by atoms with Gasteiger partial charge in [-0.2, -0.15) is 0 Å². The van der Waals surface area contributed by atoms with E-state index in [9.17, 15) is 9.59 Å². The van der Waals surface area contributed by atoms with Gasteiger partial charge in [-0.05, 0) is 18.6 Å². The first-order valence-corrected chi connectivity index (χ1v) is 6.12. The molecule has 1 aromatic rings. The quantitative estimate of drug-likeness (QED) is 0.805. The fourth-order valence-corrected chi connectivity index (χ4v) is 1.57. The molecule has 0 bridgehead atoms. The molecule has 1 unspecified atom stereocenters. The molecule has 0 aliphatic heterocycles. The molecule has 1 rings (SSSR count). The van der Waals surface area contributed by atoms with Crippen molar-refractivity contribution in [3.05, 3.63) is 23.9 Å². The van der Waals surface area contributed by atoms with Crippen molar-refractivity contribution in [1.29, 1.82) is 0 Å². The van der Waals surface area contributed by atoms with Crippen molar-refractivity contribution in [3.8, 4) is 0 Å². The van der Waals surface area contributed by atoms with Gasteiger partial charge in [-0.3, -0.25) is 4.79 Å². The second-order valence-electron chi connectivity index (χ2n) is 4.45. The van der Waals surface area contributed by atoms with Crippen molar-refractivity contribution >= 4 is 17.7 Å². The van der Waals surface area contributed by atoms with Crippen molar-refractivity contribution in [2.45, 2.75) is 25.8 Å². The topological polar surface area (TPSA) is 82.5 Å². The number of carbonyl (C=O) groups excluding carboxylic acids is 1. The molecule has 0 aliphatic carbocycles. The number of carbonyl (C=O) groups is 2. The summed E-state index contributed by atoms with van der Waals surface area (Å²) in [5, 5.41) is 11.5. The maximum Gasteiger partial charge on any atom is 0.326 e. The van der Waals surface area contributed by atoms with Crippen molar-refractivity contribution in [2.24, 2.45) is 0 Å². The highest BCUT2D eigenvalue weighted by Crippen LogP contribution is 2.08. The summed E-state index contributed by atoms with van der Waals surface area (Å²) < 4.78 is 0. The SMILES string of the molecule is CCCC(NC(=O)c1ccc(N(C)C)nc1)C(=O)O. The summed E-state index contributed by atoms with van der Waals surface area (Å²) in [5.74, 6) is -0.702. The number of hydrogen-bond donors (Lipinski definition) is 2. The van der Waals surface area contributed by atoms with Gasteiger partial charge in [-0.1, -0.05) is 13.3 Å². The lowest BCUT2D eigenvalue weighted by Gasteiger charge is -2.14. The van der Waals surface area contributed by atoms with Crippen LogP contribution in [0.5, 0.6) is 0 Å². The zero-order valence-electron chi connectivity index (χ0n) is 11.4. The standard InChI is InChI=1S/C13H19N3O3/c1-4-5-10(13(18)19)15-12(17)9-6-7-11(14-8-9)16(2)3/h6-8,10H,4-5H2,1-3H3,(H,15,17)(H,18,19). The average Bonchev–Trinajstić information content (AvgIpc) is 2.38. The van der Waals surface area contributed by atoms with E-state index in [0.717, 1.165) is 5.82 Å². The Hall–Kier alpha value is -2.11. The minimum atomic E-state index is -1.02. The molecule has 0 spiro atoms. The highest BCUT2D eigenvalue weighted by molar-refractivity contribution is 5.96. The van der Waals surface area contributed by atoms with E-state index in [-0.39, 0.29) is 0 Å². The molecule has 6 heteroatoms. The van der Waals surface area contributed by atoms with Crippen LogP contribution < -0.4 is 10.2 Å². The number of anilines is 1. The third-order valence-electron chi connectivity index (χ3n) is 2.65. The third-order valence-corrected chi connectivity index (χ3v) is 2.65. The Kier molecular flexibility index (Phi) is 5.29. The van der Waals surface area contributed by atoms with Crippen molar-refractivity contribution < 1.29 is 14.7 Å². The van der Waals surface area contributed by atoms with Crippen molar-refractivity contribution in [2.75, 3.05) is 19.0 Å². The largest absolute Gasteiger partial charge is 0.480 e. The Morgan fingerprint density at radius 1 is 1.42 bits per heavy atom. The smallest absolute Gasteiger partial charge is 0.326 e. The maximum absolute atomic E-state index is 11.9. The number of aliphatic carboxylic acids is 1. The first kappa shape index (κ1) is 14.9. The number of nitrogens with one attached hydrogen (secondary N) is 1. The van der Waals surface area contributed by atoms with Crippen molar-refractivity contribution in [3.63, 3.8) is 0 Å². The number of carboxylic acid groups (broad SMARTS) is 1. The maximum atomic E-state index is 11.9. The van der Waals surface area contributed by atoms with Gasteiger partial charge in [0.2, 0.25) is 0 Å². The number of amides is 1. The summed E-state index contributed by atoms with van der Waals surface area (Å²) in [6, 6.07) is 2.48. The molecule has 0 saturated heterocycles. The summed E-state index contributed by atoms with van der Waals surface area (Å²) >= 11 is 0. The Labute approximate surface area is 112 Å². The van der Waals surface area contributed by atoms with Gasteiger partial charge in [0.25, 0.3) is 5.91 Å². The monoisotopic (exact) mass is 265 g/mol. The highest BCUT2D eigenvalue weighted by Gasteiger charge is 2.19. The Morgan fingerprint density at radius 3 is 2.53 bits per heavy atom. The summed E-state index contributed by atoms with van der Waals surface area (Å²) in [6.07, 6.45) is 2.54. The lowest BCUT2D eigenvalue weighted by atomic mass is 10.1. The molecule has 0 aliphatic rings. The lowest BCUT2D eigenvalue weighted by Crippen LogP contribution is -2.40. The Balaban J connectivity index is 2.74. The van der Waals surface area contributed by atoms with Gasteiger partial charge < -0.3 is 15.3 Å². The van der Waals surface area contributed by atoms with Gasteiger partial charge >= 0.3 is 5.97 Å². The molecule has 0 saturated carbocycles. The van der Waals surface area contributed by atoms with Crippen molar-refractivity contribution in [1.82, 2.24) is 10.3 Å². The van der Waals surface area contributed by atoms with Crippen LogP contribution in [0.2, 0.25) is 0 Å². The summed E-state index contributed by atoms with van der Waals surface area (Å²) in [6.45, 7) is 1.87. The van der Waals surface area contributed by atoms with Crippen LogP contribution in [0.1, 0.15) is 30.1 Å². The van der Waals surface area contributed by atoms with Crippen LogP contribution in [0.4, 0.5) is 5.82 Å². The van der Waals surface area contributed by atoms with E-state index < -0.39 is 17.9 Å². The normalized spacial score (nSPS) is 11.7. The zero-order valence-corrected chi connectivity index (χ0v) is 11.4. The molecule has 6 nitrogen and oxygen atoms in total. The molecule has 1 heterocycles. The third kappa shape index (κ3) is 4.24. The molecule has 0 fully saturated rings. The minimum absolute atomic E-state index is 0.355. The minimum Gasteiger partial charge on any atom is -0.480 e. The second kappa shape index (κ2) is 6.72. The molecule has 1 amide bonds. The number of nitrogens with zero attached hydrogens (tertiary/aromatic N) is 2. The molecular weight excluding hydrogens is 246 g/mol. The molecule has 0 radical (unpaired) electrons. The van der Waals surface area contributed by atoms with E-state index in [0.29, 0.717) is 18.4 Å². The van der Waals surface area contributed by atoms with E-state index in [1.807, 2.05) is 25.9 Å². The Morgan fingerprint density at radius 2 is 2.11 bits per heavy atom. The number of carboxylic acids is 1. The van der Waals surface area contributed by atoms with Crippen LogP contribution in [0.25, 0.3) is 0 Å². The van der Waals surface area contributed by atoms with Crippen LogP contribution in [0, 0.1) is 0 Å². The first-order valence-electron chi connectivity index (χ1n) is 6.12. The van der Waals surface area contributed by atoms with E-state index >= 15 is 0 Å². The van der Waals surface area contributed by atoms with Crippen LogP contribution in [-0.2, 0) is 4.79 Å². The molecule has 2 N–H and O–H groups in total. The van der Waals surface area contributed by atoms with E-state index in [1.54, 1.807) is 12.1 Å². The molecule has 1 atom stereocenters. The first-order chi connectivity index (χ1) is 8.95. The van der Waals surface area contributed by atoms with E-state index in [1.165, 1.54) is 6.20 Å². The molecule has 0 aromatic carbocycles. The number of hydrogen-bond acceptors (Lipinski definition) is 4. The predicted molar refractivity (Wildman–Crippen MR) is 72.4 cm³/mol. The van der Waals surface area contributed by atoms with Crippen LogP contribution in [0.3, 0.4) is 0 Å². The van der Waals surface area contributed by atoms with Gasteiger partial charge in [0.1, 0.15) is 11.9 Å². The van der Waals surface area contributed by atoms with Gasteiger partial charge in [0.15, 0.2) is 0 Å². The predicted octanol–water partition coefficient (Wildman–Crippen LogP) is 1.13. The lowest BCUT2D eigenvalue weighted by molar-refractivity contribution is -0.139. The van der Waals surface area contributed by atoms with Gasteiger partial charge in [0.05, 0.1) is 5.56 Å². The van der Waals surface area contributed by atoms with Gasteiger partial charge in [-0.15, -0.1) is 0 Å². The fraction of sp³-hybridized carbons (Fsp3) is 0.462. The number of rotatable bonds is 6. The molecule has 104 valence electrons. The number of aromatic nitrogens is 1. The van der Waals surface area contributed by atoms with E-state index in [2.05, 4.69) is 10.3 Å². The fourth-order valence-electron chi connectivity index (χ4n) is 1.57. The van der Waals surface area contributed by atoms with Crippen LogP contribution in [0.15, 0.2) is 18.3 Å². The molecule has 1 aromatic heterocycles. The molecule has 19 heavy (non-hydrogen) atoms. The summed E-state index contributed by atoms with van der Waals surface area (Å²) in [7, 11) is 3.70. The summed E-state index contributed by atoms with van der Waals surface area (Å²) in [4.78, 5) is 28.8.